The highest BCUT2D eigenvalue weighted by Crippen LogP contribution is 2.38. The van der Waals surface area contributed by atoms with Crippen molar-refractivity contribution in [1.29, 1.82) is 5.26 Å². The van der Waals surface area contributed by atoms with Gasteiger partial charge in [-0.2, -0.15) is 5.26 Å². The van der Waals surface area contributed by atoms with Crippen molar-refractivity contribution in [3.63, 3.8) is 0 Å². The lowest BCUT2D eigenvalue weighted by atomic mass is 9.95. The third-order valence-electron chi connectivity index (χ3n) is 3.96. The molecule has 0 amide bonds. The number of anilines is 1. The zero-order valence-corrected chi connectivity index (χ0v) is 11.3. The van der Waals surface area contributed by atoms with Gasteiger partial charge in [0.15, 0.2) is 6.19 Å². The molecule has 1 fully saturated rings. The van der Waals surface area contributed by atoms with Gasteiger partial charge in [-0.25, -0.2) is 0 Å². The van der Waals surface area contributed by atoms with E-state index in [0.717, 1.165) is 41.8 Å². The summed E-state index contributed by atoms with van der Waals surface area (Å²) in [4.78, 5) is 1.83. The summed E-state index contributed by atoms with van der Waals surface area (Å²) in [5.74, 6) is 0. The Hall–Kier alpha value is -2.47. The van der Waals surface area contributed by atoms with E-state index in [4.69, 9.17) is 5.73 Å². The van der Waals surface area contributed by atoms with E-state index in [1.54, 1.807) is 0 Å². The number of likely N-dealkylation sites (tertiary alicyclic amines) is 1. The number of hydrogen-bond donors (Lipinski definition) is 1. The van der Waals surface area contributed by atoms with Crippen LogP contribution >= 0.6 is 0 Å². The molecule has 1 unspecified atom stereocenters. The number of para-hydroxylation sites is 1. The Labute approximate surface area is 119 Å². The van der Waals surface area contributed by atoms with Gasteiger partial charge in [-0.15, -0.1) is 0 Å². The van der Waals surface area contributed by atoms with Crippen LogP contribution in [0.5, 0.6) is 0 Å². The first kappa shape index (κ1) is 12.6. The Morgan fingerprint density at radius 3 is 2.65 bits per heavy atom. The minimum Gasteiger partial charge on any atom is -0.398 e. The summed E-state index contributed by atoms with van der Waals surface area (Å²) in [6.07, 6.45) is 4.32. The standard InChI is InChI=1S/C17H17N3/c18-12-20-11-5-10-16(20)15-9-4-8-14(17(15)19)13-6-2-1-3-7-13/h1-4,6-9,16H,5,10-11,19H2. The second kappa shape index (κ2) is 5.26. The Bertz CT molecular complexity index is 643. The van der Waals surface area contributed by atoms with E-state index < -0.39 is 0 Å². The molecule has 1 heterocycles. The molecule has 3 nitrogen and oxygen atoms in total. The number of rotatable bonds is 2. The molecule has 100 valence electrons. The van der Waals surface area contributed by atoms with Crippen LogP contribution in [-0.4, -0.2) is 11.4 Å². The molecule has 0 spiro atoms. The highest BCUT2D eigenvalue weighted by atomic mass is 15.2. The van der Waals surface area contributed by atoms with E-state index in [2.05, 4.69) is 18.3 Å². The molecule has 1 aliphatic heterocycles. The average Bonchev–Trinajstić information content (AvgIpc) is 2.96. The molecule has 1 aliphatic rings. The summed E-state index contributed by atoms with van der Waals surface area (Å²) in [7, 11) is 0. The molecule has 0 bridgehead atoms. The molecule has 2 aromatic rings. The first-order chi connectivity index (χ1) is 9.81. The Morgan fingerprint density at radius 2 is 1.90 bits per heavy atom. The van der Waals surface area contributed by atoms with E-state index in [0.29, 0.717) is 0 Å². The minimum atomic E-state index is 0.128. The van der Waals surface area contributed by atoms with Crippen molar-refractivity contribution in [1.82, 2.24) is 4.90 Å². The first-order valence-corrected chi connectivity index (χ1v) is 6.91. The van der Waals surface area contributed by atoms with E-state index in [-0.39, 0.29) is 6.04 Å². The Balaban J connectivity index is 2.04. The minimum absolute atomic E-state index is 0.128. The van der Waals surface area contributed by atoms with Crippen LogP contribution < -0.4 is 5.73 Å². The zero-order valence-electron chi connectivity index (χ0n) is 11.3. The fourth-order valence-electron chi connectivity index (χ4n) is 2.95. The maximum absolute atomic E-state index is 9.21. The molecule has 1 saturated heterocycles. The summed E-state index contributed by atoms with van der Waals surface area (Å²) in [6, 6.07) is 16.4. The molecule has 0 radical (unpaired) electrons. The van der Waals surface area contributed by atoms with Gasteiger partial charge < -0.3 is 10.6 Å². The second-order valence-corrected chi connectivity index (χ2v) is 5.13. The van der Waals surface area contributed by atoms with E-state index in [1.165, 1.54) is 0 Å². The van der Waals surface area contributed by atoms with Gasteiger partial charge in [-0.05, 0) is 24.0 Å². The lowest BCUT2D eigenvalue weighted by Gasteiger charge is -2.21. The quantitative estimate of drug-likeness (QED) is 0.666. The summed E-state index contributed by atoms with van der Waals surface area (Å²) in [6.45, 7) is 0.830. The number of hydrogen-bond acceptors (Lipinski definition) is 3. The van der Waals surface area contributed by atoms with Crippen molar-refractivity contribution in [3.05, 3.63) is 54.1 Å². The number of nitrogens with zero attached hydrogens (tertiary/aromatic N) is 2. The van der Waals surface area contributed by atoms with Crippen molar-refractivity contribution < 1.29 is 0 Å². The zero-order chi connectivity index (χ0) is 13.9. The smallest absolute Gasteiger partial charge is 0.179 e. The molecular weight excluding hydrogens is 246 g/mol. The van der Waals surface area contributed by atoms with Crippen LogP contribution in [0.3, 0.4) is 0 Å². The van der Waals surface area contributed by atoms with Gasteiger partial charge in [0.2, 0.25) is 0 Å². The second-order valence-electron chi connectivity index (χ2n) is 5.13. The van der Waals surface area contributed by atoms with Crippen LogP contribution in [0.2, 0.25) is 0 Å². The molecule has 0 aliphatic carbocycles. The van der Waals surface area contributed by atoms with Gasteiger partial charge in [-0.3, -0.25) is 0 Å². The van der Waals surface area contributed by atoms with Gasteiger partial charge in [0.25, 0.3) is 0 Å². The van der Waals surface area contributed by atoms with Gasteiger partial charge >= 0.3 is 0 Å². The van der Waals surface area contributed by atoms with Crippen molar-refractivity contribution in [2.45, 2.75) is 18.9 Å². The van der Waals surface area contributed by atoms with Crippen LogP contribution in [0.25, 0.3) is 11.1 Å². The lowest BCUT2D eigenvalue weighted by Crippen LogP contribution is -2.18. The van der Waals surface area contributed by atoms with E-state index >= 15 is 0 Å². The van der Waals surface area contributed by atoms with Crippen molar-refractivity contribution in [2.75, 3.05) is 12.3 Å². The summed E-state index contributed by atoms with van der Waals surface area (Å²) in [5.41, 5.74) is 10.4. The number of benzene rings is 2. The fourth-order valence-corrected chi connectivity index (χ4v) is 2.95. The van der Waals surface area contributed by atoms with E-state index in [1.807, 2.05) is 41.3 Å². The highest BCUT2D eigenvalue weighted by molar-refractivity contribution is 5.78. The predicted octanol–water partition coefficient (Wildman–Crippen LogP) is 3.55. The Morgan fingerprint density at radius 1 is 1.10 bits per heavy atom. The molecule has 1 atom stereocenters. The first-order valence-electron chi connectivity index (χ1n) is 6.91. The molecular formula is C17H17N3. The van der Waals surface area contributed by atoms with Gasteiger partial charge in [-0.1, -0.05) is 48.5 Å². The van der Waals surface area contributed by atoms with Crippen molar-refractivity contribution in [2.24, 2.45) is 0 Å². The molecule has 3 rings (SSSR count). The maximum Gasteiger partial charge on any atom is 0.179 e. The molecule has 0 aromatic heterocycles. The van der Waals surface area contributed by atoms with Crippen molar-refractivity contribution in [3.8, 4) is 17.3 Å². The molecule has 2 N–H and O–H groups in total. The SMILES string of the molecule is N#CN1CCCC1c1cccc(-c2ccccc2)c1N. The van der Waals surface area contributed by atoms with Gasteiger partial charge in [0.05, 0.1) is 6.04 Å². The average molecular weight is 263 g/mol. The summed E-state index contributed by atoms with van der Waals surface area (Å²) >= 11 is 0. The topological polar surface area (TPSA) is 53.0 Å². The maximum atomic E-state index is 9.21. The van der Waals surface area contributed by atoms with Crippen LogP contribution in [0.15, 0.2) is 48.5 Å². The van der Waals surface area contributed by atoms with Crippen LogP contribution in [0.4, 0.5) is 5.69 Å². The number of nitrogens with two attached hydrogens (primary N) is 1. The largest absolute Gasteiger partial charge is 0.398 e. The number of nitriles is 1. The predicted molar refractivity (Wildman–Crippen MR) is 80.6 cm³/mol. The molecule has 0 saturated carbocycles. The summed E-state index contributed by atoms with van der Waals surface area (Å²) in [5, 5.41) is 9.21. The fraction of sp³-hybridized carbons (Fsp3) is 0.235. The third kappa shape index (κ3) is 2.10. The molecule has 20 heavy (non-hydrogen) atoms. The van der Waals surface area contributed by atoms with E-state index in [9.17, 15) is 5.26 Å². The third-order valence-corrected chi connectivity index (χ3v) is 3.96. The van der Waals surface area contributed by atoms with Gasteiger partial charge in [0.1, 0.15) is 0 Å². The monoisotopic (exact) mass is 263 g/mol. The molecule has 3 heteroatoms. The lowest BCUT2D eigenvalue weighted by molar-refractivity contribution is 0.375. The van der Waals surface area contributed by atoms with Gasteiger partial charge in [0, 0.05) is 17.8 Å². The Kier molecular flexibility index (Phi) is 3.30. The van der Waals surface area contributed by atoms with Crippen molar-refractivity contribution >= 4 is 5.69 Å². The molecule has 2 aromatic carbocycles. The van der Waals surface area contributed by atoms with Crippen LogP contribution in [0.1, 0.15) is 24.4 Å². The number of nitrogen functional groups attached to an aromatic ring is 1. The van der Waals surface area contributed by atoms with Crippen LogP contribution in [-0.2, 0) is 0 Å². The normalized spacial score (nSPS) is 17.9. The summed E-state index contributed by atoms with van der Waals surface area (Å²) < 4.78 is 0. The highest BCUT2D eigenvalue weighted by Gasteiger charge is 2.27. The van der Waals surface area contributed by atoms with Crippen LogP contribution in [0, 0.1) is 11.5 Å².